The van der Waals surface area contributed by atoms with Crippen molar-refractivity contribution in [3.63, 3.8) is 0 Å². The van der Waals surface area contributed by atoms with E-state index in [2.05, 4.69) is 10.4 Å². The van der Waals surface area contributed by atoms with Gasteiger partial charge in [0, 0.05) is 17.3 Å². The summed E-state index contributed by atoms with van der Waals surface area (Å²) in [6.07, 6.45) is 4.97. The van der Waals surface area contributed by atoms with E-state index in [1.165, 1.54) is 0 Å². The average Bonchev–Trinajstić information content (AvgIpc) is 2.64. The van der Waals surface area contributed by atoms with Crippen molar-refractivity contribution in [2.45, 2.75) is 27.3 Å². The molecule has 0 unspecified atom stereocenters. The number of hydrogen-bond donors (Lipinski definition) is 4. The summed E-state index contributed by atoms with van der Waals surface area (Å²) < 4.78 is 1.62. The van der Waals surface area contributed by atoms with E-state index >= 15 is 0 Å². The number of nitrogens with one attached hydrogen (secondary N) is 2. The summed E-state index contributed by atoms with van der Waals surface area (Å²) in [5, 5.41) is 23.6. The Labute approximate surface area is 107 Å². The van der Waals surface area contributed by atoms with Gasteiger partial charge in [0.15, 0.2) is 0 Å². The zero-order valence-corrected chi connectivity index (χ0v) is 11.1. The van der Waals surface area contributed by atoms with Crippen molar-refractivity contribution in [2.24, 2.45) is 11.1 Å². The monoisotopic (exact) mass is 251 g/mol. The lowest BCUT2D eigenvalue weighted by Gasteiger charge is -2.17. The van der Waals surface area contributed by atoms with Crippen molar-refractivity contribution < 1.29 is 5.11 Å². The third-order valence-corrected chi connectivity index (χ3v) is 2.36. The van der Waals surface area contributed by atoms with Crippen LogP contribution >= 0.6 is 0 Å². The summed E-state index contributed by atoms with van der Waals surface area (Å²) in [5.74, 6) is 0.401. The number of nitrogens with two attached hydrogens (primary N) is 1. The van der Waals surface area contributed by atoms with E-state index in [-0.39, 0.29) is 12.0 Å². The number of nitrogens with zero attached hydrogens (tertiary/aromatic N) is 2. The molecule has 0 aromatic carbocycles. The third kappa shape index (κ3) is 4.21. The molecular formula is C12H21N5O. The van der Waals surface area contributed by atoms with Crippen molar-refractivity contribution in [1.29, 1.82) is 5.41 Å². The number of aromatic nitrogens is 2. The Hall–Kier alpha value is -1.82. The molecule has 1 aromatic rings. The number of rotatable bonds is 5. The molecule has 18 heavy (non-hydrogen) atoms. The molecule has 1 aromatic heterocycles. The van der Waals surface area contributed by atoms with Gasteiger partial charge in [-0.25, -0.2) is 0 Å². The summed E-state index contributed by atoms with van der Waals surface area (Å²) in [6.45, 7) is 6.36. The van der Waals surface area contributed by atoms with Crippen LogP contribution in [-0.4, -0.2) is 27.2 Å². The highest BCUT2D eigenvalue weighted by Crippen LogP contribution is 2.16. The van der Waals surface area contributed by atoms with E-state index in [1.54, 1.807) is 23.2 Å². The molecular weight excluding hydrogens is 230 g/mol. The number of aliphatic hydroxyl groups is 1. The molecule has 0 radical (unpaired) electrons. The number of aliphatic hydroxyl groups excluding tert-OH is 1. The predicted octanol–water partition coefficient (Wildman–Crippen LogP) is 1.15. The second-order valence-electron chi connectivity index (χ2n) is 5.10. The van der Waals surface area contributed by atoms with Crippen LogP contribution in [0, 0.1) is 10.8 Å². The molecule has 0 aliphatic carbocycles. The van der Waals surface area contributed by atoms with E-state index in [0.717, 1.165) is 5.69 Å². The molecule has 0 aliphatic rings. The lowest BCUT2D eigenvalue weighted by Crippen LogP contribution is -2.20. The zero-order chi connectivity index (χ0) is 13.8. The number of anilines is 1. The van der Waals surface area contributed by atoms with Crippen LogP contribution in [0.4, 0.5) is 5.69 Å². The lowest BCUT2D eigenvalue weighted by atomic mass is 9.90. The van der Waals surface area contributed by atoms with Crippen LogP contribution in [0.5, 0.6) is 0 Å². The van der Waals surface area contributed by atoms with Gasteiger partial charge in [0.1, 0.15) is 5.82 Å². The summed E-state index contributed by atoms with van der Waals surface area (Å²) in [6, 6.07) is 0. The van der Waals surface area contributed by atoms with E-state index in [4.69, 9.17) is 16.2 Å². The van der Waals surface area contributed by atoms with Gasteiger partial charge < -0.3 is 21.6 Å². The van der Waals surface area contributed by atoms with E-state index in [9.17, 15) is 0 Å². The van der Waals surface area contributed by atoms with E-state index in [0.29, 0.717) is 18.1 Å². The standard InChI is InChI=1S/C12H21N5O/c1-12(2,3)10(13)6-11(14)16-9-7-15-17(8-9)4-5-18/h6-8,13,16,18H,4-5,14H2,1-3H3/b11-6-,13-10?. The molecule has 100 valence electrons. The number of hydrogen-bond acceptors (Lipinski definition) is 5. The first-order valence-electron chi connectivity index (χ1n) is 5.79. The molecule has 0 fully saturated rings. The number of allylic oxidation sites excluding steroid dienone is 1. The average molecular weight is 251 g/mol. The minimum atomic E-state index is -0.229. The molecule has 0 bridgehead atoms. The Morgan fingerprint density at radius 3 is 2.83 bits per heavy atom. The van der Waals surface area contributed by atoms with Crippen molar-refractivity contribution in [1.82, 2.24) is 9.78 Å². The second-order valence-corrected chi connectivity index (χ2v) is 5.10. The minimum Gasteiger partial charge on any atom is -0.394 e. The van der Waals surface area contributed by atoms with Gasteiger partial charge in [-0.15, -0.1) is 0 Å². The Bertz CT molecular complexity index is 442. The van der Waals surface area contributed by atoms with Gasteiger partial charge in [0.2, 0.25) is 0 Å². The first-order chi connectivity index (χ1) is 8.32. The van der Waals surface area contributed by atoms with E-state index < -0.39 is 0 Å². The van der Waals surface area contributed by atoms with Gasteiger partial charge in [0.25, 0.3) is 0 Å². The summed E-state index contributed by atoms with van der Waals surface area (Å²) in [4.78, 5) is 0. The fraction of sp³-hybridized carbons (Fsp3) is 0.500. The van der Waals surface area contributed by atoms with Crippen molar-refractivity contribution in [3.05, 3.63) is 24.3 Å². The Balaban J connectivity index is 2.66. The first kappa shape index (κ1) is 14.2. The second kappa shape index (κ2) is 5.68. The highest BCUT2D eigenvalue weighted by atomic mass is 16.3. The van der Waals surface area contributed by atoms with Gasteiger partial charge in [-0.2, -0.15) is 5.10 Å². The zero-order valence-electron chi connectivity index (χ0n) is 11.1. The van der Waals surface area contributed by atoms with Crippen molar-refractivity contribution in [2.75, 3.05) is 11.9 Å². The fourth-order valence-electron chi connectivity index (χ4n) is 1.23. The quantitative estimate of drug-likeness (QED) is 0.590. The topological polar surface area (TPSA) is 100.0 Å². The first-order valence-corrected chi connectivity index (χ1v) is 5.79. The Morgan fingerprint density at radius 2 is 2.28 bits per heavy atom. The fourth-order valence-corrected chi connectivity index (χ4v) is 1.23. The van der Waals surface area contributed by atoms with Gasteiger partial charge >= 0.3 is 0 Å². The molecule has 6 nitrogen and oxygen atoms in total. The molecule has 0 saturated heterocycles. The van der Waals surface area contributed by atoms with Crippen LogP contribution in [0.25, 0.3) is 0 Å². The van der Waals surface area contributed by atoms with Crippen LogP contribution in [0.1, 0.15) is 20.8 Å². The maximum Gasteiger partial charge on any atom is 0.102 e. The van der Waals surface area contributed by atoms with Crippen molar-refractivity contribution in [3.8, 4) is 0 Å². The van der Waals surface area contributed by atoms with Gasteiger partial charge in [-0.3, -0.25) is 4.68 Å². The van der Waals surface area contributed by atoms with Crippen LogP contribution in [0.3, 0.4) is 0 Å². The smallest absolute Gasteiger partial charge is 0.102 e. The highest BCUT2D eigenvalue weighted by Gasteiger charge is 2.15. The maximum atomic E-state index is 8.77. The molecule has 5 N–H and O–H groups in total. The van der Waals surface area contributed by atoms with Crippen LogP contribution in [0.15, 0.2) is 24.3 Å². The SMILES string of the molecule is CC(C)(C)C(=N)/C=C(/N)Nc1cnn(CCO)c1. The van der Waals surface area contributed by atoms with Crippen LogP contribution < -0.4 is 11.1 Å². The van der Waals surface area contributed by atoms with Gasteiger partial charge in [-0.05, 0) is 6.08 Å². The molecule has 6 heteroatoms. The van der Waals surface area contributed by atoms with Gasteiger partial charge in [-0.1, -0.05) is 20.8 Å². The molecule has 0 amide bonds. The molecule has 1 rings (SSSR count). The summed E-state index contributed by atoms with van der Waals surface area (Å²) >= 11 is 0. The lowest BCUT2D eigenvalue weighted by molar-refractivity contribution is 0.269. The maximum absolute atomic E-state index is 8.77. The summed E-state index contributed by atoms with van der Waals surface area (Å²) in [7, 11) is 0. The molecule has 0 saturated carbocycles. The van der Waals surface area contributed by atoms with E-state index in [1.807, 2.05) is 20.8 Å². The third-order valence-electron chi connectivity index (χ3n) is 2.36. The molecule has 0 atom stereocenters. The predicted molar refractivity (Wildman–Crippen MR) is 72.4 cm³/mol. The highest BCUT2D eigenvalue weighted by molar-refractivity contribution is 5.97. The molecule has 1 heterocycles. The van der Waals surface area contributed by atoms with Crippen LogP contribution in [0.2, 0.25) is 0 Å². The minimum absolute atomic E-state index is 0.0428. The largest absolute Gasteiger partial charge is 0.394 e. The Morgan fingerprint density at radius 1 is 1.61 bits per heavy atom. The Kier molecular flexibility index (Phi) is 4.49. The van der Waals surface area contributed by atoms with Crippen molar-refractivity contribution >= 4 is 11.4 Å². The van der Waals surface area contributed by atoms with Crippen LogP contribution in [-0.2, 0) is 6.54 Å². The molecule has 0 spiro atoms. The summed E-state index contributed by atoms with van der Waals surface area (Å²) in [5.41, 5.74) is 6.77. The van der Waals surface area contributed by atoms with Gasteiger partial charge in [0.05, 0.1) is 25.0 Å². The molecule has 0 aliphatic heterocycles. The normalized spacial score (nSPS) is 12.6.